The number of aromatic nitrogens is 2. The van der Waals surface area contributed by atoms with Crippen LogP contribution in [0.4, 0.5) is 0 Å². The molecule has 1 aromatic heterocycles. The Labute approximate surface area is 59.1 Å². The molecule has 0 aromatic carbocycles. The van der Waals surface area contributed by atoms with Crippen molar-refractivity contribution in [3.63, 3.8) is 0 Å². The zero-order valence-corrected chi connectivity index (χ0v) is 5.67. The molecule has 1 aliphatic carbocycles. The molecule has 1 fully saturated rings. The molecule has 3 nitrogen and oxygen atoms in total. The maximum Gasteiger partial charge on any atom is 0.0847 e. The normalized spacial score (nSPS) is 17.7. The molecule has 0 bridgehead atoms. The molecule has 1 heterocycles. The SMILES string of the molecule is OCc1cc(C2CC2)n[nH]1. The van der Waals surface area contributed by atoms with Crippen molar-refractivity contribution in [2.45, 2.75) is 25.4 Å². The summed E-state index contributed by atoms with van der Waals surface area (Å²) in [6.07, 6.45) is 2.52. The maximum absolute atomic E-state index is 8.68. The van der Waals surface area contributed by atoms with Crippen molar-refractivity contribution in [2.75, 3.05) is 0 Å². The number of rotatable bonds is 2. The second-order valence-corrected chi connectivity index (χ2v) is 2.75. The summed E-state index contributed by atoms with van der Waals surface area (Å²) in [6, 6.07) is 1.94. The van der Waals surface area contributed by atoms with Crippen molar-refractivity contribution in [1.29, 1.82) is 0 Å². The first-order valence-corrected chi connectivity index (χ1v) is 3.55. The van der Waals surface area contributed by atoms with Crippen molar-refractivity contribution in [1.82, 2.24) is 10.2 Å². The summed E-state index contributed by atoms with van der Waals surface area (Å²) < 4.78 is 0. The largest absolute Gasteiger partial charge is 0.390 e. The van der Waals surface area contributed by atoms with E-state index >= 15 is 0 Å². The van der Waals surface area contributed by atoms with Crippen LogP contribution in [0.1, 0.15) is 30.1 Å². The van der Waals surface area contributed by atoms with Crippen molar-refractivity contribution in [3.05, 3.63) is 17.5 Å². The van der Waals surface area contributed by atoms with Gasteiger partial charge in [0, 0.05) is 5.92 Å². The highest BCUT2D eigenvalue weighted by Crippen LogP contribution is 2.38. The van der Waals surface area contributed by atoms with Crippen molar-refractivity contribution < 1.29 is 5.11 Å². The van der Waals surface area contributed by atoms with Crippen LogP contribution in [0.2, 0.25) is 0 Å². The topological polar surface area (TPSA) is 48.9 Å². The number of hydrogen-bond donors (Lipinski definition) is 2. The van der Waals surface area contributed by atoms with Gasteiger partial charge in [0.05, 0.1) is 18.0 Å². The Balaban J connectivity index is 2.19. The van der Waals surface area contributed by atoms with E-state index in [4.69, 9.17) is 5.11 Å². The van der Waals surface area contributed by atoms with Crippen LogP contribution in [0.25, 0.3) is 0 Å². The average Bonchev–Trinajstić information content (AvgIpc) is 2.70. The van der Waals surface area contributed by atoms with E-state index in [1.165, 1.54) is 12.8 Å². The van der Waals surface area contributed by atoms with Crippen LogP contribution in [-0.2, 0) is 6.61 Å². The summed E-state index contributed by atoms with van der Waals surface area (Å²) in [5.41, 5.74) is 1.94. The minimum Gasteiger partial charge on any atom is -0.390 e. The molecule has 2 rings (SSSR count). The number of aromatic amines is 1. The Morgan fingerprint density at radius 1 is 1.70 bits per heavy atom. The number of H-pyrrole nitrogens is 1. The molecule has 0 saturated heterocycles. The average molecular weight is 138 g/mol. The fourth-order valence-corrected chi connectivity index (χ4v) is 1.05. The molecular formula is C7H10N2O. The lowest BCUT2D eigenvalue weighted by molar-refractivity contribution is 0.276. The number of aliphatic hydroxyl groups excluding tert-OH is 1. The number of aliphatic hydroxyl groups is 1. The van der Waals surface area contributed by atoms with Gasteiger partial charge in [-0.2, -0.15) is 5.10 Å². The minimum atomic E-state index is 0.0692. The third-order valence-corrected chi connectivity index (χ3v) is 1.82. The molecular weight excluding hydrogens is 128 g/mol. The summed E-state index contributed by atoms with van der Waals surface area (Å²) in [7, 11) is 0. The first kappa shape index (κ1) is 5.92. The third kappa shape index (κ3) is 0.926. The first-order chi connectivity index (χ1) is 4.90. The number of nitrogens with zero attached hydrogens (tertiary/aromatic N) is 1. The van der Waals surface area contributed by atoms with Crippen molar-refractivity contribution >= 4 is 0 Å². The monoisotopic (exact) mass is 138 g/mol. The first-order valence-electron chi connectivity index (χ1n) is 3.55. The molecule has 0 unspecified atom stereocenters. The van der Waals surface area contributed by atoms with Crippen molar-refractivity contribution in [2.24, 2.45) is 0 Å². The molecule has 0 aliphatic heterocycles. The van der Waals surface area contributed by atoms with E-state index in [2.05, 4.69) is 10.2 Å². The van der Waals surface area contributed by atoms with Crippen LogP contribution in [0.5, 0.6) is 0 Å². The standard InChI is InChI=1S/C7H10N2O/c10-4-6-3-7(9-8-6)5-1-2-5/h3,5,10H,1-2,4H2,(H,8,9). The van der Waals surface area contributed by atoms with Gasteiger partial charge in [0.2, 0.25) is 0 Å². The predicted molar refractivity (Wildman–Crippen MR) is 36.5 cm³/mol. The molecule has 1 saturated carbocycles. The van der Waals surface area contributed by atoms with Crippen LogP contribution in [-0.4, -0.2) is 15.3 Å². The molecule has 1 aromatic rings. The zero-order valence-electron chi connectivity index (χ0n) is 5.67. The summed E-state index contributed by atoms with van der Waals surface area (Å²) in [4.78, 5) is 0. The van der Waals surface area contributed by atoms with Crippen molar-refractivity contribution in [3.8, 4) is 0 Å². The van der Waals surface area contributed by atoms with Gasteiger partial charge in [0.15, 0.2) is 0 Å². The van der Waals surface area contributed by atoms with Crippen LogP contribution in [0, 0.1) is 0 Å². The van der Waals surface area contributed by atoms with Gasteiger partial charge < -0.3 is 5.11 Å². The van der Waals surface area contributed by atoms with E-state index < -0.39 is 0 Å². The van der Waals surface area contributed by atoms with Gasteiger partial charge in [-0.1, -0.05) is 0 Å². The molecule has 3 heteroatoms. The van der Waals surface area contributed by atoms with Gasteiger partial charge in [-0.15, -0.1) is 0 Å². The van der Waals surface area contributed by atoms with Gasteiger partial charge in [-0.05, 0) is 18.9 Å². The molecule has 1 aliphatic rings. The summed E-state index contributed by atoms with van der Waals surface area (Å²) in [5, 5.41) is 15.5. The van der Waals surface area contributed by atoms with Crippen LogP contribution >= 0.6 is 0 Å². The highest BCUT2D eigenvalue weighted by molar-refractivity contribution is 5.16. The van der Waals surface area contributed by atoms with E-state index in [0.717, 1.165) is 11.4 Å². The number of hydrogen-bond acceptors (Lipinski definition) is 2. The van der Waals surface area contributed by atoms with Gasteiger partial charge in [0.1, 0.15) is 0 Å². The molecule has 0 amide bonds. The summed E-state index contributed by atoms with van der Waals surface area (Å²) in [6.45, 7) is 0.0692. The molecule has 0 spiro atoms. The molecule has 54 valence electrons. The second-order valence-electron chi connectivity index (χ2n) is 2.75. The van der Waals surface area contributed by atoms with E-state index in [-0.39, 0.29) is 6.61 Å². The molecule has 2 N–H and O–H groups in total. The maximum atomic E-state index is 8.68. The molecule has 10 heavy (non-hydrogen) atoms. The fraction of sp³-hybridized carbons (Fsp3) is 0.571. The number of nitrogens with one attached hydrogen (secondary N) is 1. The second kappa shape index (κ2) is 2.09. The third-order valence-electron chi connectivity index (χ3n) is 1.82. The Morgan fingerprint density at radius 3 is 3.00 bits per heavy atom. The summed E-state index contributed by atoms with van der Waals surface area (Å²) >= 11 is 0. The van der Waals surface area contributed by atoms with E-state index in [0.29, 0.717) is 5.92 Å². The fourth-order valence-electron chi connectivity index (χ4n) is 1.05. The van der Waals surface area contributed by atoms with Gasteiger partial charge >= 0.3 is 0 Å². The van der Waals surface area contributed by atoms with Gasteiger partial charge in [-0.25, -0.2) is 0 Å². The predicted octanol–water partition coefficient (Wildman–Crippen LogP) is 0.779. The Bertz CT molecular complexity index is 227. The lowest BCUT2D eigenvalue weighted by Crippen LogP contribution is -1.79. The van der Waals surface area contributed by atoms with Crippen LogP contribution < -0.4 is 0 Å². The van der Waals surface area contributed by atoms with Crippen LogP contribution in [0.3, 0.4) is 0 Å². The lowest BCUT2D eigenvalue weighted by atomic mass is 10.3. The lowest BCUT2D eigenvalue weighted by Gasteiger charge is -1.82. The quantitative estimate of drug-likeness (QED) is 0.634. The Hall–Kier alpha value is -0.830. The van der Waals surface area contributed by atoms with E-state index in [9.17, 15) is 0 Å². The zero-order chi connectivity index (χ0) is 6.97. The highest BCUT2D eigenvalue weighted by Gasteiger charge is 2.25. The summed E-state index contributed by atoms with van der Waals surface area (Å²) in [5.74, 6) is 0.677. The molecule has 0 radical (unpaired) electrons. The Morgan fingerprint density at radius 2 is 2.50 bits per heavy atom. The highest BCUT2D eigenvalue weighted by atomic mass is 16.3. The van der Waals surface area contributed by atoms with Gasteiger partial charge in [-0.3, -0.25) is 5.10 Å². The smallest absolute Gasteiger partial charge is 0.0847 e. The van der Waals surface area contributed by atoms with Gasteiger partial charge in [0.25, 0.3) is 0 Å². The van der Waals surface area contributed by atoms with Crippen LogP contribution in [0.15, 0.2) is 6.07 Å². The van der Waals surface area contributed by atoms with E-state index in [1.807, 2.05) is 6.07 Å². The molecule has 0 atom stereocenters. The van der Waals surface area contributed by atoms with E-state index in [1.54, 1.807) is 0 Å². The minimum absolute atomic E-state index is 0.0692. The Kier molecular flexibility index (Phi) is 1.24.